The van der Waals surface area contributed by atoms with Crippen molar-refractivity contribution in [2.24, 2.45) is 0 Å². The average molecular weight is 265 g/mol. The van der Waals surface area contributed by atoms with Crippen LogP contribution in [-0.2, 0) is 4.79 Å². The number of rotatable bonds is 6. The van der Waals surface area contributed by atoms with Gasteiger partial charge in [-0.2, -0.15) is 0 Å². The van der Waals surface area contributed by atoms with Crippen LogP contribution in [0.2, 0.25) is 0 Å². The normalized spacial score (nSPS) is 11.7. The molecule has 0 radical (unpaired) electrons. The zero-order valence-electron chi connectivity index (χ0n) is 11.1. The molecule has 0 aliphatic heterocycles. The number of likely N-dealkylation sites (N-methyl/N-ethyl adjacent to an activating group) is 1. The fourth-order valence-corrected chi connectivity index (χ4v) is 1.36. The minimum Gasteiger partial charge on any atom is -0.395 e. The number of hydrogen-bond acceptors (Lipinski definition) is 4. The highest BCUT2D eigenvalue weighted by Gasteiger charge is 2.10. The van der Waals surface area contributed by atoms with E-state index in [0.29, 0.717) is 11.3 Å². The van der Waals surface area contributed by atoms with E-state index in [4.69, 9.17) is 5.11 Å². The minimum atomic E-state index is -0.285. The molecule has 0 spiro atoms. The van der Waals surface area contributed by atoms with Gasteiger partial charge in [0.2, 0.25) is 5.91 Å². The number of carbonyl (C=O) groups is 2. The van der Waals surface area contributed by atoms with Crippen LogP contribution in [0.15, 0.2) is 24.3 Å². The van der Waals surface area contributed by atoms with Gasteiger partial charge in [-0.05, 0) is 38.2 Å². The second-order valence-electron chi connectivity index (χ2n) is 4.06. The monoisotopic (exact) mass is 265 g/mol. The molecular weight excluding hydrogens is 246 g/mol. The lowest BCUT2D eigenvalue weighted by Crippen LogP contribution is -2.35. The number of carbonyl (C=O) groups excluding carboxylic acids is 2. The lowest BCUT2D eigenvalue weighted by atomic mass is 10.2. The first kappa shape index (κ1) is 15.1. The molecule has 6 nitrogen and oxygen atoms in total. The first-order valence-electron chi connectivity index (χ1n) is 6.05. The van der Waals surface area contributed by atoms with E-state index < -0.39 is 0 Å². The summed E-state index contributed by atoms with van der Waals surface area (Å²) in [5.41, 5.74) is 1.11. The molecule has 2 amide bonds. The third kappa shape index (κ3) is 4.69. The molecule has 1 aromatic carbocycles. The van der Waals surface area contributed by atoms with Crippen LogP contribution < -0.4 is 16.0 Å². The molecule has 4 N–H and O–H groups in total. The number of amides is 2. The third-order valence-electron chi connectivity index (χ3n) is 2.64. The number of aliphatic hydroxyl groups excluding tert-OH is 1. The van der Waals surface area contributed by atoms with Crippen molar-refractivity contribution in [2.45, 2.75) is 13.0 Å². The summed E-state index contributed by atoms with van der Waals surface area (Å²) in [6.07, 6.45) is 0. The molecule has 1 atom stereocenters. The highest BCUT2D eigenvalue weighted by atomic mass is 16.3. The number of aliphatic hydroxyl groups is 1. The van der Waals surface area contributed by atoms with Crippen LogP contribution in [0.4, 0.5) is 5.69 Å². The van der Waals surface area contributed by atoms with Gasteiger partial charge in [-0.25, -0.2) is 0 Å². The summed E-state index contributed by atoms with van der Waals surface area (Å²) in [7, 11) is 1.71. The Hall–Kier alpha value is -1.92. The van der Waals surface area contributed by atoms with Crippen LogP contribution in [-0.4, -0.2) is 43.2 Å². The summed E-state index contributed by atoms with van der Waals surface area (Å²) in [5, 5.41) is 16.7. The molecule has 1 rings (SSSR count). The molecule has 0 aromatic heterocycles. The third-order valence-corrected chi connectivity index (χ3v) is 2.64. The summed E-state index contributed by atoms with van der Waals surface area (Å²) in [4.78, 5) is 23.2. The molecule has 1 unspecified atom stereocenters. The standard InChI is InChI=1S/C13H19N3O3/c1-9(14-2)12(18)16-11-5-3-10(4-6-11)13(19)15-7-8-17/h3-6,9,14,17H,7-8H2,1-2H3,(H,15,19)(H,16,18). The topological polar surface area (TPSA) is 90.5 Å². The zero-order valence-corrected chi connectivity index (χ0v) is 11.1. The fourth-order valence-electron chi connectivity index (χ4n) is 1.36. The van der Waals surface area contributed by atoms with Gasteiger partial charge in [0, 0.05) is 17.8 Å². The van der Waals surface area contributed by atoms with E-state index in [1.807, 2.05) is 0 Å². The van der Waals surface area contributed by atoms with Crippen LogP contribution in [0.1, 0.15) is 17.3 Å². The average Bonchev–Trinajstić information content (AvgIpc) is 2.44. The largest absolute Gasteiger partial charge is 0.395 e. The molecular formula is C13H19N3O3. The molecule has 6 heteroatoms. The van der Waals surface area contributed by atoms with Crippen molar-refractivity contribution in [3.63, 3.8) is 0 Å². The molecule has 0 aliphatic rings. The number of anilines is 1. The quantitative estimate of drug-likeness (QED) is 0.581. The van der Waals surface area contributed by atoms with Gasteiger partial charge in [-0.1, -0.05) is 0 Å². The Labute approximate surface area is 112 Å². The molecule has 0 heterocycles. The van der Waals surface area contributed by atoms with Crippen LogP contribution in [0.3, 0.4) is 0 Å². The Balaban J connectivity index is 2.61. The molecule has 104 valence electrons. The van der Waals surface area contributed by atoms with Gasteiger partial charge in [0.25, 0.3) is 5.91 Å². The highest BCUT2D eigenvalue weighted by molar-refractivity contribution is 5.97. The maximum Gasteiger partial charge on any atom is 0.251 e. The van der Waals surface area contributed by atoms with Crippen molar-refractivity contribution < 1.29 is 14.7 Å². The Bertz CT molecular complexity index is 431. The lowest BCUT2D eigenvalue weighted by molar-refractivity contribution is -0.117. The summed E-state index contributed by atoms with van der Waals surface area (Å²) < 4.78 is 0. The molecule has 1 aromatic rings. The van der Waals surface area contributed by atoms with Gasteiger partial charge in [-0.3, -0.25) is 9.59 Å². The van der Waals surface area contributed by atoms with Gasteiger partial charge in [0.05, 0.1) is 12.6 Å². The smallest absolute Gasteiger partial charge is 0.251 e. The zero-order chi connectivity index (χ0) is 14.3. The molecule has 0 saturated heterocycles. The fraction of sp³-hybridized carbons (Fsp3) is 0.385. The molecule has 19 heavy (non-hydrogen) atoms. The summed E-state index contributed by atoms with van der Waals surface area (Å²) in [6, 6.07) is 6.27. The summed E-state index contributed by atoms with van der Waals surface area (Å²) in [5.74, 6) is -0.393. The van der Waals surface area contributed by atoms with Gasteiger partial charge >= 0.3 is 0 Å². The SMILES string of the molecule is CNC(C)C(=O)Nc1ccc(C(=O)NCCO)cc1. The predicted molar refractivity (Wildman–Crippen MR) is 73.0 cm³/mol. The van der Waals surface area contributed by atoms with Crippen molar-refractivity contribution in [1.29, 1.82) is 0 Å². The van der Waals surface area contributed by atoms with Crippen molar-refractivity contribution in [2.75, 3.05) is 25.5 Å². The van der Waals surface area contributed by atoms with Crippen LogP contribution in [0.25, 0.3) is 0 Å². The van der Waals surface area contributed by atoms with E-state index in [2.05, 4.69) is 16.0 Å². The second kappa shape index (κ2) is 7.50. The lowest BCUT2D eigenvalue weighted by Gasteiger charge is -2.11. The van der Waals surface area contributed by atoms with Crippen LogP contribution in [0, 0.1) is 0 Å². The van der Waals surface area contributed by atoms with Crippen LogP contribution in [0.5, 0.6) is 0 Å². The number of nitrogens with one attached hydrogen (secondary N) is 3. The number of benzene rings is 1. The summed E-state index contributed by atoms with van der Waals surface area (Å²) in [6.45, 7) is 1.88. The van der Waals surface area contributed by atoms with E-state index in [1.54, 1.807) is 38.2 Å². The van der Waals surface area contributed by atoms with Gasteiger partial charge in [0.15, 0.2) is 0 Å². The van der Waals surface area contributed by atoms with E-state index in [0.717, 1.165) is 0 Å². The Morgan fingerprint density at radius 3 is 2.42 bits per heavy atom. The van der Waals surface area contributed by atoms with Gasteiger partial charge in [0.1, 0.15) is 0 Å². The Kier molecular flexibility index (Phi) is 5.98. The maximum absolute atomic E-state index is 11.6. The van der Waals surface area contributed by atoms with Crippen molar-refractivity contribution >= 4 is 17.5 Å². The van der Waals surface area contributed by atoms with Gasteiger partial charge in [-0.15, -0.1) is 0 Å². The molecule has 0 bridgehead atoms. The molecule has 0 fully saturated rings. The van der Waals surface area contributed by atoms with Crippen LogP contribution >= 0.6 is 0 Å². The van der Waals surface area contributed by atoms with Gasteiger partial charge < -0.3 is 21.1 Å². The van der Waals surface area contributed by atoms with E-state index in [-0.39, 0.29) is 31.0 Å². The molecule has 0 aliphatic carbocycles. The van der Waals surface area contributed by atoms with Crippen molar-refractivity contribution in [1.82, 2.24) is 10.6 Å². The maximum atomic E-state index is 11.6. The number of hydrogen-bond donors (Lipinski definition) is 4. The minimum absolute atomic E-state index is 0.0954. The predicted octanol–water partition coefficient (Wildman–Crippen LogP) is -0.0449. The molecule has 0 saturated carbocycles. The van der Waals surface area contributed by atoms with E-state index in [1.165, 1.54) is 0 Å². The second-order valence-corrected chi connectivity index (χ2v) is 4.06. The van der Waals surface area contributed by atoms with E-state index in [9.17, 15) is 9.59 Å². The Morgan fingerprint density at radius 1 is 1.26 bits per heavy atom. The highest BCUT2D eigenvalue weighted by Crippen LogP contribution is 2.09. The van der Waals surface area contributed by atoms with E-state index >= 15 is 0 Å². The first-order chi connectivity index (χ1) is 9.08. The first-order valence-corrected chi connectivity index (χ1v) is 6.05. The Morgan fingerprint density at radius 2 is 1.89 bits per heavy atom. The summed E-state index contributed by atoms with van der Waals surface area (Å²) >= 11 is 0. The van der Waals surface area contributed by atoms with Crippen molar-refractivity contribution in [3.05, 3.63) is 29.8 Å². The van der Waals surface area contributed by atoms with Crippen molar-refractivity contribution in [3.8, 4) is 0 Å².